The normalized spacial score (nSPS) is 26.2. The summed E-state index contributed by atoms with van der Waals surface area (Å²) in [6.45, 7) is 1.76. The number of ether oxygens (including phenoxy) is 1. The first kappa shape index (κ1) is 20.8. The third-order valence-corrected chi connectivity index (χ3v) is 6.01. The number of amides is 1. The van der Waals surface area contributed by atoms with Crippen LogP contribution in [0.15, 0.2) is 48.5 Å². The second-order valence-corrected chi connectivity index (χ2v) is 8.03. The van der Waals surface area contributed by atoms with Gasteiger partial charge in [0, 0.05) is 38.5 Å². The van der Waals surface area contributed by atoms with Crippen molar-refractivity contribution in [2.24, 2.45) is 5.73 Å². The Bertz CT molecular complexity index is 894. The monoisotopic (exact) mass is 413 g/mol. The van der Waals surface area contributed by atoms with Crippen molar-refractivity contribution in [2.45, 2.75) is 50.1 Å². The van der Waals surface area contributed by atoms with Gasteiger partial charge in [-0.15, -0.1) is 0 Å². The zero-order valence-corrected chi connectivity index (χ0v) is 16.8. The fraction of sp³-hybridized carbons (Fsp3) is 0.435. The molecule has 0 radical (unpaired) electrons. The van der Waals surface area contributed by atoms with Gasteiger partial charge in [0.2, 0.25) is 5.91 Å². The first-order valence-electron chi connectivity index (χ1n) is 10.5. The minimum Gasteiger partial charge on any atom is -0.487 e. The fourth-order valence-corrected chi connectivity index (χ4v) is 4.62. The number of nitrogens with two attached hydrogens (primary N) is 1. The molecule has 1 amide bonds. The molecule has 2 aromatic carbocycles. The molecule has 1 aliphatic heterocycles. The third-order valence-electron chi connectivity index (χ3n) is 6.01. The number of halogens is 1. The van der Waals surface area contributed by atoms with E-state index in [0.717, 1.165) is 13.0 Å². The molecule has 160 valence electrons. The first-order valence-corrected chi connectivity index (χ1v) is 10.5. The molecule has 30 heavy (non-hydrogen) atoms. The Kier molecular flexibility index (Phi) is 6.32. The number of fused-ring (bicyclic) bond motifs is 1. The van der Waals surface area contributed by atoms with Gasteiger partial charge in [-0.2, -0.15) is 0 Å². The Balaban J connectivity index is 1.54. The van der Waals surface area contributed by atoms with Gasteiger partial charge in [-0.1, -0.05) is 30.3 Å². The predicted molar refractivity (Wildman–Crippen MR) is 111 cm³/mol. The summed E-state index contributed by atoms with van der Waals surface area (Å²) in [5.41, 5.74) is 8.08. The van der Waals surface area contributed by atoms with Crippen LogP contribution in [0.2, 0.25) is 0 Å². The summed E-state index contributed by atoms with van der Waals surface area (Å²) < 4.78 is 19.5. The van der Waals surface area contributed by atoms with Crippen molar-refractivity contribution in [3.8, 4) is 5.75 Å². The van der Waals surface area contributed by atoms with Crippen molar-refractivity contribution in [3.63, 3.8) is 0 Å². The summed E-state index contributed by atoms with van der Waals surface area (Å²) in [5.74, 6) is -0.156. The molecular formula is C23H28FN3O3. The SMILES string of the molecule is NCCC(=O)N[C@@H]1C[C@@H](Oc2cccc(F)c2)[C@H](O)[C@H]1N1CCc2ccccc2C1. The van der Waals surface area contributed by atoms with Crippen molar-refractivity contribution in [2.75, 3.05) is 13.1 Å². The lowest BCUT2D eigenvalue weighted by Crippen LogP contribution is -2.54. The number of carbonyl (C=O) groups excluding carboxylic acids is 1. The van der Waals surface area contributed by atoms with E-state index in [1.54, 1.807) is 12.1 Å². The lowest BCUT2D eigenvalue weighted by atomic mass is 9.97. The molecule has 0 spiro atoms. The van der Waals surface area contributed by atoms with Crippen molar-refractivity contribution in [3.05, 3.63) is 65.5 Å². The molecule has 1 saturated carbocycles. The Labute approximate surface area is 175 Å². The minimum atomic E-state index is -0.818. The number of hydrogen-bond donors (Lipinski definition) is 3. The van der Waals surface area contributed by atoms with Crippen molar-refractivity contribution in [1.82, 2.24) is 10.2 Å². The number of benzene rings is 2. The average molecular weight is 413 g/mol. The molecule has 4 atom stereocenters. The zero-order chi connectivity index (χ0) is 21.1. The molecule has 1 fully saturated rings. The second-order valence-electron chi connectivity index (χ2n) is 8.03. The molecule has 2 aliphatic rings. The number of nitrogens with one attached hydrogen (secondary N) is 1. The number of hydrogen-bond acceptors (Lipinski definition) is 5. The molecule has 1 heterocycles. The van der Waals surface area contributed by atoms with Crippen molar-refractivity contribution in [1.29, 1.82) is 0 Å². The molecule has 6 nitrogen and oxygen atoms in total. The molecule has 1 aliphatic carbocycles. The summed E-state index contributed by atoms with van der Waals surface area (Å²) in [6, 6.07) is 13.6. The van der Waals surface area contributed by atoms with Crippen LogP contribution in [0.1, 0.15) is 24.0 Å². The van der Waals surface area contributed by atoms with E-state index in [0.29, 0.717) is 18.7 Å². The molecule has 0 saturated heterocycles. The standard InChI is InChI=1S/C23H28FN3O3/c24-17-6-3-7-18(12-17)30-20-13-19(26-21(28)8-10-25)22(23(20)29)27-11-9-15-4-1-2-5-16(15)14-27/h1-7,12,19-20,22-23,29H,8-11,13-14,25H2,(H,26,28)/t19-,20-,22+,23+/m1/s1. The number of rotatable bonds is 6. The molecule has 0 unspecified atom stereocenters. The van der Waals surface area contributed by atoms with Gasteiger partial charge in [0.05, 0.1) is 12.1 Å². The topological polar surface area (TPSA) is 87.8 Å². The molecule has 4 N–H and O–H groups in total. The van der Waals surface area contributed by atoms with Gasteiger partial charge in [0.25, 0.3) is 0 Å². The highest BCUT2D eigenvalue weighted by atomic mass is 19.1. The van der Waals surface area contributed by atoms with Crippen LogP contribution in [0.25, 0.3) is 0 Å². The molecular weight excluding hydrogens is 385 g/mol. The van der Waals surface area contributed by atoms with E-state index in [1.165, 1.54) is 23.3 Å². The largest absolute Gasteiger partial charge is 0.487 e. The van der Waals surface area contributed by atoms with Crippen LogP contribution in [0.5, 0.6) is 5.75 Å². The van der Waals surface area contributed by atoms with Crippen LogP contribution >= 0.6 is 0 Å². The number of aliphatic hydroxyl groups is 1. The van der Waals surface area contributed by atoms with Gasteiger partial charge in [0.1, 0.15) is 23.8 Å². The maximum atomic E-state index is 13.6. The number of nitrogens with zero attached hydrogens (tertiary/aromatic N) is 1. The van der Waals surface area contributed by atoms with E-state index in [2.05, 4.69) is 22.3 Å². The maximum absolute atomic E-state index is 13.6. The highest BCUT2D eigenvalue weighted by molar-refractivity contribution is 5.76. The summed E-state index contributed by atoms with van der Waals surface area (Å²) in [4.78, 5) is 14.5. The van der Waals surface area contributed by atoms with E-state index in [9.17, 15) is 14.3 Å². The predicted octanol–water partition coefficient (Wildman–Crippen LogP) is 1.60. The molecule has 4 rings (SSSR count). The smallest absolute Gasteiger partial charge is 0.221 e. The second kappa shape index (κ2) is 9.12. The molecule has 2 aromatic rings. The third kappa shape index (κ3) is 4.48. The van der Waals surface area contributed by atoms with Crippen LogP contribution in [-0.4, -0.2) is 53.3 Å². The number of carbonyl (C=O) groups is 1. The van der Waals surface area contributed by atoms with Gasteiger partial charge in [0.15, 0.2) is 0 Å². The van der Waals surface area contributed by atoms with Crippen molar-refractivity contribution >= 4 is 5.91 Å². The summed E-state index contributed by atoms with van der Waals surface area (Å²) in [7, 11) is 0. The van der Waals surface area contributed by atoms with Gasteiger partial charge in [-0.25, -0.2) is 4.39 Å². The minimum absolute atomic E-state index is 0.136. The van der Waals surface area contributed by atoms with E-state index >= 15 is 0 Å². The summed E-state index contributed by atoms with van der Waals surface area (Å²) in [5, 5.41) is 14.2. The van der Waals surface area contributed by atoms with E-state index < -0.39 is 18.0 Å². The molecule has 0 aromatic heterocycles. The summed E-state index contributed by atoms with van der Waals surface area (Å²) >= 11 is 0. The highest BCUT2D eigenvalue weighted by Crippen LogP contribution is 2.32. The quantitative estimate of drug-likeness (QED) is 0.670. The average Bonchev–Trinajstić information content (AvgIpc) is 3.02. The van der Waals surface area contributed by atoms with E-state index in [1.807, 2.05) is 12.1 Å². The highest BCUT2D eigenvalue weighted by Gasteiger charge is 2.47. The zero-order valence-electron chi connectivity index (χ0n) is 16.8. The molecule has 7 heteroatoms. The van der Waals surface area contributed by atoms with Crippen molar-refractivity contribution < 1.29 is 19.0 Å². The Morgan fingerprint density at radius 2 is 2.03 bits per heavy atom. The van der Waals surface area contributed by atoms with Crippen LogP contribution in [0.3, 0.4) is 0 Å². The number of aliphatic hydroxyl groups excluding tert-OH is 1. The van der Waals surface area contributed by atoms with Crippen LogP contribution < -0.4 is 15.8 Å². The molecule has 0 bridgehead atoms. The van der Waals surface area contributed by atoms with Gasteiger partial charge < -0.3 is 20.9 Å². The lowest BCUT2D eigenvalue weighted by Gasteiger charge is -2.38. The summed E-state index contributed by atoms with van der Waals surface area (Å²) in [6.07, 6.45) is 0.200. The Morgan fingerprint density at radius 3 is 2.80 bits per heavy atom. The van der Waals surface area contributed by atoms with Gasteiger partial charge >= 0.3 is 0 Å². The van der Waals surface area contributed by atoms with Crippen LogP contribution in [-0.2, 0) is 17.8 Å². The Hall–Kier alpha value is -2.48. The lowest BCUT2D eigenvalue weighted by molar-refractivity contribution is -0.122. The van der Waals surface area contributed by atoms with Crippen LogP contribution in [0.4, 0.5) is 4.39 Å². The first-order chi connectivity index (χ1) is 14.5. The van der Waals surface area contributed by atoms with Crippen LogP contribution in [0, 0.1) is 5.82 Å². The fourth-order valence-electron chi connectivity index (χ4n) is 4.62. The van der Waals surface area contributed by atoms with E-state index in [4.69, 9.17) is 10.5 Å². The maximum Gasteiger partial charge on any atom is 0.221 e. The van der Waals surface area contributed by atoms with E-state index in [-0.39, 0.29) is 31.0 Å². The van der Waals surface area contributed by atoms with Gasteiger partial charge in [-0.3, -0.25) is 9.69 Å². The Morgan fingerprint density at radius 1 is 1.23 bits per heavy atom. The van der Waals surface area contributed by atoms with Gasteiger partial charge in [-0.05, 0) is 29.7 Å².